The van der Waals surface area contributed by atoms with Crippen LogP contribution in [0.4, 0.5) is 21.5 Å². The fourth-order valence-electron chi connectivity index (χ4n) is 2.80. The molecular weight excluding hydrogens is 357 g/mol. The van der Waals surface area contributed by atoms with Crippen LogP contribution in [0, 0.1) is 15.9 Å². The van der Waals surface area contributed by atoms with Crippen molar-refractivity contribution in [2.75, 3.05) is 30.9 Å². The zero-order valence-electron chi connectivity index (χ0n) is 14.6. The summed E-state index contributed by atoms with van der Waals surface area (Å²) in [5.41, 5.74) is 1.55. The van der Waals surface area contributed by atoms with Crippen molar-refractivity contribution in [3.63, 3.8) is 0 Å². The fraction of sp³-hybridized carbons (Fsp3) is 0.278. The van der Waals surface area contributed by atoms with E-state index in [4.69, 9.17) is 9.47 Å². The molecule has 1 amide bonds. The molecule has 0 aromatic heterocycles. The van der Waals surface area contributed by atoms with Crippen molar-refractivity contribution < 1.29 is 23.6 Å². The largest absolute Gasteiger partial charge is 0.494 e. The lowest BCUT2D eigenvalue weighted by molar-refractivity contribution is -0.384. The number of hydrogen-bond acceptors (Lipinski definition) is 6. The Hall–Kier alpha value is -3.36. The second kappa shape index (κ2) is 7.90. The average molecular weight is 375 g/mol. The third kappa shape index (κ3) is 4.25. The third-order valence-electron chi connectivity index (χ3n) is 4.13. The van der Waals surface area contributed by atoms with E-state index in [2.05, 4.69) is 10.6 Å². The highest BCUT2D eigenvalue weighted by atomic mass is 19.1. The third-order valence-corrected chi connectivity index (χ3v) is 4.13. The van der Waals surface area contributed by atoms with Gasteiger partial charge in [0, 0.05) is 24.7 Å². The maximum Gasteiger partial charge on any atom is 0.295 e. The summed E-state index contributed by atoms with van der Waals surface area (Å²) in [7, 11) is 1.29. The van der Waals surface area contributed by atoms with Crippen LogP contribution in [0.1, 0.15) is 12.0 Å². The quantitative estimate of drug-likeness (QED) is 0.438. The van der Waals surface area contributed by atoms with Gasteiger partial charge in [0.2, 0.25) is 5.91 Å². The van der Waals surface area contributed by atoms with E-state index in [0.29, 0.717) is 18.6 Å². The lowest BCUT2D eigenvalue weighted by Crippen LogP contribution is -2.19. The molecule has 2 aromatic carbocycles. The Morgan fingerprint density at radius 3 is 2.85 bits per heavy atom. The van der Waals surface area contributed by atoms with E-state index in [1.54, 1.807) is 12.1 Å². The lowest BCUT2D eigenvalue weighted by Gasteiger charge is -2.18. The second-order valence-electron chi connectivity index (χ2n) is 5.90. The van der Waals surface area contributed by atoms with E-state index in [9.17, 15) is 19.3 Å². The van der Waals surface area contributed by atoms with Crippen LogP contribution in [0.2, 0.25) is 0 Å². The van der Waals surface area contributed by atoms with Gasteiger partial charge < -0.3 is 20.1 Å². The van der Waals surface area contributed by atoms with E-state index in [-0.39, 0.29) is 36.2 Å². The van der Waals surface area contributed by atoms with Crippen molar-refractivity contribution >= 4 is 23.0 Å². The van der Waals surface area contributed by atoms with E-state index in [1.165, 1.54) is 13.2 Å². The molecule has 0 spiro atoms. The maximum atomic E-state index is 13.7. The average Bonchev–Trinajstić information content (AvgIpc) is 2.65. The molecule has 0 fully saturated rings. The van der Waals surface area contributed by atoms with Crippen LogP contribution in [0.25, 0.3) is 0 Å². The van der Waals surface area contributed by atoms with Gasteiger partial charge in [0.15, 0.2) is 11.6 Å². The van der Waals surface area contributed by atoms with Gasteiger partial charge in [0.25, 0.3) is 5.69 Å². The molecule has 0 unspecified atom stereocenters. The summed E-state index contributed by atoms with van der Waals surface area (Å²) in [6.07, 6.45) is 1.09. The normalized spacial score (nSPS) is 12.7. The van der Waals surface area contributed by atoms with Crippen LogP contribution in [0.3, 0.4) is 0 Å². The first-order valence-electron chi connectivity index (χ1n) is 8.29. The summed E-state index contributed by atoms with van der Waals surface area (Å²) >= 11 is 0. The molecular formula is C18H18FN3O5. The van der Waals surface area contributed by atoms with E-state index < -0.39 is 10.7 Å². The predicted molar refractivity (Wildman–Crippen MR) is 97.0 cm³/mol. The molecule has 8 nitrogen and oxygen atoms in total. The van der Waals surface area contributed by atoms with Gasteiger partial charge in [-0.25, -0.2) is 4.39 Å². The summed E-state index contributed by atoms with van der Waals surface area (Å²) < 4.78 is 24.2. The first-order valence-corrected chi connectivity index (χ1v) is 8.29. The van der Waals surface area contributed by atoms with E-state index >= 15 is 0 Å². The Morgan fingerprint density at radius 1 is 1.30 bits per heavy atom. The molecule has 0 atom stereocenters. The van der Waals surface area contributed by atoms with Gasteiger partial charge in [0.05, 0.1) is 18.1 Å². The highest BCUT2D eigenvalue weighted by Crippen LogP contribution is 2.31. The number of benzene rings is 2. The smallest absolute Gasteiger partial charge is 0.295 e. The number of halogens is 1. The topological polar surface area (TPSA) is 103 Å². The molecule has 1 heterocycles. The molecule has 0 radical (unpaired) electrons. The zero-order valence-corrected chi connectivity index (χ0v) is 14.6. The molecule has 142 valence electrons. The van der Waals surface area contributed by atoms with Crippen molar-refractivity contribution in [1.82, 2.24) is 0 Å². The minimum Gasteiger partial charge on any atom is -0.494 e. The molecule has 3 rings (SSSR count). The van der Waals surface area contributed by atoms with E-state index in [0.717, 1.165) is 17.3 Å². The number of amides is 1. The van der Waals surface area contributed by atoms with Crippen LogP contribution in [-0.2, 0) is 11.2 Å². The Kier molecular flexibility index (Phi) is 5.39. The SMILES string of the molecule is COc1cc(NCCOc2ccc3c(c2)CCC(=O)N3)c([N+](=O)[O-])cc1F. The lowest BCUT2D eigenvalue weighted by atomic mass is 10.0. The number of anilines is 2. The number of ether oxygens (including phenoxy) is 2. The number of fused-ring (bicyclic) bond motifs is 1. The molecule has 1 aliphatic rings. The zero-order chi connectivity index (χ0) is 19.4. The van der Waals surface area contributed by atoms with Crippen LogP contribution in [0.15, 0.2) is 30.3 Å². The second-order valence-corrected chi connectivity index (χ2v) is 5.90. The minimum absolute atomic E-state index is 0.00307. The van der Waals surface area contributed by atoms with Crippen molar-refractivity contribution in [2.24, 2.45) is 0 Å². The van der Waals surface area contributed by atoms with Crippen molar-refractivity contribution in [2.45, 2.75) is 12.8 Å². The Bertz CT molecular complexity index is 888. The van der Waals surface area contributed by atoms with Crippen molar-refractivity contribution in [3.8, 4) is 11.5 Å². The maximum absolute atomic E-state index is 13.7. The molecule has 2 aromatic rings. The monoisotopic (exact) mass is 375 g/mol. The molecule has 27 heavy (non-hydrogen) atoms. The minimum atomic E-state index is -0.799. The Morgan fingerprint density at radius 2 is 2.11 bits per heavy atom. The first kappa shape index (κ1) is 18.4. The number of nitro benzene ring substituents is 1. The number of nitrogens with one attached hydrogen (secondary N) is 2. The van der Waals surface area contributed by atoms with Gasteiger partial charge in [-0.3, -0.25) is 14.9 Å². The van der Waals surface area contributed by atoms with Crippen molar-refractivity contribution in [1.29, 1.82) is 0 Å². The summed E-state index contributed by atoms with van der Waals surface area (Å²) in [6.45, 7) is 0.505. The first-order chi connectivity index (χ1) is 13.0. The molecule has 2 N–H and O–H groups in total. The Labute approximate surface area is 154 Å². The standard InChI is InChI=1S/C18H18FN3O5/c1-26-17-10-15(16(22(24)25)9-13(17)19)20-6-7-27-12-3-4-14-11(8-12)2-5-18(23)21-14/h3-4,8-10,20H,2,5-7H2,1H3,(H,21,23). The predicted octanol–water partition coefficient (Wildman–Crippen LogP) is 3.12. The van der Waals surface area contributed by atoms with Crippen molar-refractivity contribution in [3.05, 3.63) is 51.8 Å². The molecule has 0 aliphatic carbocycles. The van der Waals surface area contributed by atoms with Gasteiger partial charge in [-0.05, 0) is 30.2 Å². The van der Waals surface area contributed by atoms with Gasteiger partial charge >= 0.3 is 0 Å². The number of nitro groups is 1. The number of carbonyl (C=O) groups excluding carboxylic acids is 1. The molecule has 0 bridgehead atoms. The number of nitrogens with zero attached hydrogens (tertiary/aromatic N) is 1. The fourth-order valence-corrected chi connectivity index (χ4v) is 2.80. The number of carbonyl (C=O) groups is 1. The molecule has 0 saturated carbocycles. The number of methoxy groups -OCH3 is 1. The molecule has 1 aliphatic heterocycles. The van der Waals surface area contributed by atoms with Crippen LogP contribution in [0.5, 0.6) is 11.5 Å². The molecule has 0 saturated heterocycles. The number of hydrogen-bond donors (Lipinski definition) is 2. The van der Waals surface area contributed by atoms with Crippen LogP contribution < -0.4 is 20.1 Å². The van der Waals surface area contributed by atoms with E-state index in [1.807, 2.05) is 6.07 Å². The number of aryl methyl sites for hydroxylation is 1. The highest BCUT2D eigenvalue weighted by Gasteiger charge is 2.19. The number of rotatable bonds is 7. The van der Waals surface area contributed by atoms with Crippen LogP contribution >= 0.6 is 0 Å². The summed E-state index contributed by atoms with van der Waals surface area (Å²) in [6, 6.07) is 7.45. The summed E-state index contributed by atoms with van der Waals surface area (Å²) in [5.74, 6) is -0.248. The Balaban J connectivity index is 1.60. The van der Waals surface area contributed by atoms with Gasteiger partial charge in [-0.15, -0.1) is 0 Å². The molecule has 9 heteroatoms. The van der Waals surface area contributed by atoms with Crippen LogP contribution in [-0.4, -0.2) is 31.1 Å². The van der Waals surface area contributed by atoms with Gasteiger partial charge in [0.1, 0.15) is 18.0 Å². The summed E-state index contributed by atoms with van der Waals surface area (Å²) in [5, 5.41) is 16.7. The highest BCUT2D eigenvalue weighted by molar-refractivity contribution is 5.94. The van der Waals surface area contributed by atoms with Gasteiger partial charge in [-0.2, -0.15) is 0 Å². The van der Waals surface area contributed by atoms with Gasteiger partial charge in [-0.1, -0.05) is 0 Å². The summed E-state index contributed by atoms with van der Waals surface area (Å²) in [4.78, 5) is 21.8.